The summed E-state index contributed by atoms with van der Waals surface area (Å²) in [6, 6.07) is -0.469. The SMILES string of the molecule is COC(=O)C1CCCCN1C(=O)C1(C(N)=S)CC1. The van der Waals surface area contributed by atoms with Gasteiger partial charge in [-0.2, -0.15) is 0 Å². The first-order valence-electron chi connectivity index (χ1n) is 6.22. The molecule has 0 spiro atoms. The van der Waals surface area contributed by atoms with Gasteiger partial charge in [0.05, 0.1) is 17.5 Å². The molecule has 0 bridgehead atoms. The molecule has 0 aromatic heterocycles. The molecule has 0 aromatic carbocycles. The van der Waals surface area contributed by atoms with E-state index in [-0.39, 0.29) is 16.9 Å². The number of rotatable bonds is 3. The fourth-order valence-electron chi connectivity index (χ4n) is 2.52. The number of thiocarbonyl (C=S) groups is 1. The standard InChI is InChI=1S/C12H18N2O3S/c1-17-9(15)8-4-2-3-7-14(8)11(16)12(5-6-12)10(13)18/h8H,2-7H2,1H3,(H2,13,18). The molecule has 1 heterocycles. The lowest BCUT2D eigenvalue weighted by molar-refractivity contribution is -0.155. The van der Waals surface area contributed by atoms with Crippen LogP contribution in [0.5, 0.6) is 0 Å². The van der Waals surface area contributed by atoms with Crippen LogP contribution in [0, 0.1) is 5.41 Å². The van der Waals surface area contributed by atoms with E-state index in [1.165, 1.54) is 7.11 Å². The number of ether oxygens (including phenoxy) is 1. The van der Waals surface area contributed by atoms with Crippen LogP contribution in [0.15, 0.2) is 0 Å². The van der Waals surface area contributed by atoms with Gasteiger partial charge >= 0.3 is 5.97 Å². The summed E-state index contributed by atoms with van der Waals surface area (Å²) in [5.41, 5.74) is 4.98. The Kier molecular flexibility index (Phi) is 3.56. The molecular weight excluding hydrogens is 252 g/mol. The Labute approximate surface area is 112 Å². The zero-order chi connectivity index (χ0) is 13.3. The van der Waals surface area contributed by atoms with Crippen LogP contribution in [-0.4, -0.2) is 41.5 Å². The zero-order valence-electron chi connectivity index (χ0n) is 10.5. The Morgan fingerprint density at radius 3 is 2.56 bits per heavy atom. The summed E-state index contributed by atoms with van der Waals surface area (Å²) >= 11 is 4.99. The first-order valence-corrected chi connectivity index (χ1v) is 6.62. The monoisotopic (exact) mass is 270 g/mol. The van der Waals surface area contributed by atoms with Gasteiger partial charge in [-0.1, -0.05) is 12.2 Å². The van der Waals surface area contributed by atoms with E-state index in [0.29, 0.717) is 25.8 Å². The first-order chi connectivity index (χ1) is 8.53. The van der Waals surface area contributed by atoms with Gasteiger partial charge in [-0.3, -0.25) is 4.79 Å². The highest BCUT2D eigenvalue weighted by molar-refractivity contribution is 7.80. The second-order valence-electron chi connectivity index (χ2n) is 4.98. The third kappa shape index (κ3) is 2.09. The fourth-order valence-corrected chi connectivity index (χ4v) is 2.81. The summed E-state index contributed by atoms with van der Waals surface area (Å²) < 4.78 is 4.77. The number of nitrogens with zero attached hydrogens (tertiary/aromatic N) is 1. The van der Waals surface area contributed by atoms with Crippen molar-refractivity contribution >= 4 is 29.1 Å². The largest absolute Gasteiger partial charge is 0.467 e. The molecule has 2 aliphatic rings. The van der Waals surface area contributed by atoms with E-state index in [9.17, 15) is 9.59 Å². The van der Waals surface area contributed by atoms with Gasteiger partial charge in [-0.05, 0) is 32.1 Å². The topological polar surface area (TPSA) is 72.6 Å². The lowest BCUT2D eigenvalue weighted by Crippen LogP contribution is -2.53. The highest BCUT2D eigenvalue weighted by Gasteiger charge is 2.56. The van der Waals surface area contributed by atoms with Crippen LogP contribution < -0.4 is 5.73 Å². The van der Waals surface area contributed by atoms with Crippen LogP contribution in [-0.2, 0) is 14.3 Å². The van der Waals surface area contributed by atoms with E-state index < -0.39 is 11.5 Å². The number of likely N-dealkylation sites (tertiary alicyclic amines) is 1. The van der Waals surface area contributed by atoms with Crippen LogP contribution in [0.3, 0.4) is 0 Å². The maximum Gasteiger partial charge on any atom is 0.328 e. The van der Waals surface area contributed by atoms with Gasteiger partial charge in [0.2, 0.25) is 5.91 Å². The minimum atomic E-state index is -0.682. The molecule has 2 fully saturated rings. The number of esters is 1. The number of hydrogen-bond donors (Lipinski definition) is 1. The summed E-state index contributed by atoms with van der Waals surface area (Å²) in [4.78, 5) is 26.1. The third-order valence-electron chi connectivity index (χ3n) is 3.87. The molecule has 6 heteroatoms. The summed E-state index contributed by atoms with van der Waals surface area (Å²) in [7, 11) is 1.35. The average molecular weight is 270 g/mol. The predicted octanol–water partition coefficient (Wildman–Crippen LogP) is 0.607. The van der Waals surface area contributed by atoms with Crippen LogP contribution in [0.1, 0.15) is 32.1 Å². The number of carbonyl (C=O) groups excluding carboxylic acids is 2. The Morgan fingerprint density at radius 1 is 1.39 bits per heavy atom. The lowest BCUT2D eigenvalue weighted by atomic mass is 9.97. The second-order valence-corrected chi connectivity index (χ2v) is 5.42. The maximum atomic E-state index is 12.5. The molecule has 0 aromatic rings. The van der Waals surface area contributed by atoms with Gasteiger partial charge in [0.25, 0.3) is 0 Å². The molecule has 0 radical (unpaired) electrons. The molecule has 1 saturated heterocycles. The maximum absolute atomic E-state index is 12.5. The molecule has 1 unspecified atom stereocenters. The van der Waals surface area contributed by atoms with Crippen molar-refractivity contribution in [2.24, 2.45) is 11.1 Å². The summed E-state index contributed by atoms with van der Waals surface area (Å²) in [5, 5.41) is 0. The summed E-state index contributed by atoms with van der Waals surface area (Å²) in [6.07, 6.45) is 3.90. The van der Waals surface area contributed by atoms with E-state index in [1.54, 1.807) is 4.90 Å². The zero-order valence-corrected chi connectivity index (χ0v) is 11.3. The molecule has 5 nitrogen and oxygen atoms in total. The Hall–Kier alpha value is -1.17. The van der Waals surface area contributed by atoms with E-state index >= 15 is 0 Å². The van der Waals surface area contributed by atoms with E-state index in [1.807, 2.05) is 0 Å². The van der Waals surface area contributed by atoms with Crippen molar-refractivity contribution in [3.63, 3.8) is 0 Å². The van der Waals surface area contributed by atoms with Gasteiger partial charge in [-0.15, -0.1) is 0 Å². The Balaban J connectivity index is 2.17. The van der Waals surface area contributed by atoms with Crippen LogP contribution in [0.4, 0.5) is 0 Å². The van der Waals surface area contributed by atoms with Crippen molar-refractivity contribution in [3.05, 3.63) is 0 Å². The summed E-state index contributed by atoms with van der Waals surface area (Å²) in [6.45, 7) is 0.586. The molecule has 100 valence electrons. The van der Waals surface area contributed by atoms with Crippen molar-refractivity contribution in [2.75, 3.05) is 13.7 Å². The van der Waals surface area contributed by atoms with E-state index in [2.05, 4.69) is 0 Å². The highest BCUT2D eigenvalue weighted by atomic mass is 32.1. The molecule has 1 saturated carbocycles. The number of amides is 1. The molecule has 2 rings (SSSR count). The molecule has 1 amide bonds. The molecule has 1 atom stereocenters. The minimum Gasteiger partial charge on any atom is -0.467 e. The smallest absolute Gasteiger partial charge is 0.328 e. The third-order valence-corrected chi connectivity index (χ3v) is 4.26. The van der Waals surface area contributed by atoms with Crippen molar-refractivity contribution in [3.8, 4) is 0 Å². The van der Waals surface area contributed by atoms with Crippen molar-refractivity contribution < 1.29 is 14.3 Å². The number of nitrogens with two attached hydrogens (primary N) is 1. The van der Waals surface area contributed by atoms with Crippen LogP contribution >= 0.6 is 12.2 Å². The average Bonchev–Trinajstić information content (AvgIpc) is 3.18. The number of hydrogen-bond acceptors (Lipinski definition) is 4. The Bertz CT molecular complexity index is 393. The van der Waals surface area contributed by atoms with Gasteiger partial charge in [-0.25, -0.2) is 4.79 Å². The first kappa shape index (κ1) is 13.3. The van der Waals surface area contributed by atoms with Crippen molar-refractivity contribution in [2.45, 2.75) is 38.1 Å². The molecule has 18 heavy (non-hydrogen) atoms. The number of carbonyl (C=O) groups is 2. The van der Waals surface area contributed by atoms with Gasteiger partial charge in [0.15, 0.2) is 0 Å². The molecule has 1 aliphatic heterocycles. The van der Waals surface area contributed by atoms with Crippen molar-refractivity contribution in [1.29, 1.82) is 0 Å². The number of methoxy groups -OCH3 is 1. The Morgan fingerprint density at radius 2 is 2.06 bits per heavy atom. The van der Waals surface area contributed by atoms with Gasteiger partial charge < -0.3 is 15.4 Å². The molecular formula is C12H18N2O3S. The molecule has 1 aliphatic carbocycles. The predicted molar refractivity (Wildman–Crippen MR) is 69.8 cm³/mol. The normalized spacial score (nSPS) is 25.4. The quantitative estimate of drug-likeness (QED) is 0.601. The van der Waals surface area contributed by atoms with E-state index in [4.69, 9.17) is 22.7 Å². The van der Waals surface area contributed by atoms with Crippen LogP contribution in [0.25, 0.3) is 0 Å². The van der Waals surface area contributed by atoms with Gasteiger partial charge in [0.1, 0.15) is 6.04 Å². The van der Waals surface area contributed by atoms with Crippen molar-refractivity contribution in [1.82, 2.24) is 4.90 Å². The minimum absolute atomic E-state index is 0.0925. The van der Waals surface area contributed by atoms with Gasteiger partial charge in [0, 0.05) is 6.54 Å². The summed E-state index contributed by atoms with van der Waals surface area (Å²) in [5.74, 6) is -0.438. The second kappa shape index (κ2) is 4.84. The highest BCUT2D eigenvalue weighted by Crippen LogP contribution is 2.48. The number of piperidine rings is 1. The lowest BCUT2D eigenvalue weighted by Gasteiger charge is -2.36. The van der Waals surface area contributed by atoms with Crippen LogP contribution in [0.2, 0.25) is 0 Å². The fraction of sp³-hybridized carbons (Fsp3) is 0.750. The van der Waals surface area contributed by atoms with E-state index in [0.717, 1.165) is 12.8 Å². The molecule has 2 N–H and O–H groups in total.